The van der Waals surface area contributed by atoms with E-state index < -0.39 is 0 Å². The van der Waals surface area contributed by atoms with E-state index in [-0.39, 0.29) is 0 Å². The number of hydrogen-bond donors (Lipinski definition) is 0. The molecule has 28 heavy (non-hydrogen) atoms. The van der Waals surface area contributed by atoms with Crippen molar-refractivity contribution in [2.24, 2.45) is 23.7 Å². The molecule has 2 aliphatic carbocycles. The van der Waals surface area contributed by atoms with Crippen LogP contribution in [0.25, 0.3) is 0 Å². The van der Waals surface area contributed by atoms with Crippen molar-refractivity contribution in [3.63, 3.8) is 0 Å². The van der Waals surface area contributed by atoms with Gasteiger partial charge in [0.15, 0.2) is 0 Å². The second-order valence-corrected chi connectivity index (χ2v) is 9.18. The molecule has 1 aromatic rings. The third-order valence-electron chi connectivity index (χ3n) is 7.04. The van der Waals surface area contributed by atoms with Crippen LogP contribution in [0.4, 0.5) is 0 Å². The van der Waals surface area contributed by atoms with E-state index in [0.717, 1.165) is 42.1 Å². The summed E-state index contributed by atoms with van der Waals surface area (Å²) in [6.45, 7) is 5.24. The SMILES string of the molecule is CCCC[C@H]1CC[C@H]([C@H]2CC[C@H](C#Cc3ccc(OCCC)cc3)CC2)CC1. The van der Waals surface area contributed by atoms with Gasteiger partial charge in [-0.2, -0.15) is 0 Å². The van der Waals surface area contributed by atoms with Crippen molar-refractivity contribution in [1.29, 1.82) is 0 Å². The summed E-state index contributed by atoms with van der Waals surface area (Å²) < 4.78 is 5.65. The molecule has 2 fully saturated rings. The van der Waals surface area contributed by atoms with Crippen LogP contribution in [0.3, 0.4) is 0 Å². The molecule has 0 heterocycles. The molecule has 0 saturated heterocycles. The summed E-state index contributed by atoms with van der Waals surface area (Å²) in [5.41, 5.74) is 1.12. The lowest BCUT2D eigenvalue weighted by Crippen LogP contribution is -2.25. The molecule has 0 spiro atoms. The molecular formula is C27H40O. The van der Waals surface area contributed by atoms with Crippen LogP contribution in [0.1, 0.15) is 96.5 Å². The quantitative estimate of drug-likeness (QED) is 0.442. The molecule has 0 N–H and O–H groups in total. The maximum absolute atomic E-state index is 5.65. The van der Waals surface area contributed by atoms with Gasteiger partial charge in [0.25, 0.3) is 0 Å². The van der Waals surface area contributed by atoms with Gasteiger partial charge in [-0.05, 0) is 87.0 Å². The maximum atomic E-state index is 5.65. The third kappa shape index (κ3) is 6.58. The summed E-state index contributed by atoms with van der Waals surface area (Å²) in [5.74, 6) is 11.6. The van der Waals surface area contributed by atoms with Crippen LogP contribution in [-0.4, -0.2) is 6.61 Å². The first-order chi connectivity index (χ1) is 13.8. The average Bonchev–Trinajstić information content (AvgIpc) is 2.76. The van der Waals surface area contributed by atoms with Gasteiger partial charge in [-0.1, -0.05) is 57.8 Å². The monoisotopic (exact) mass is 380 g/mol. The van der Waals surface area contributed by atoms with Crippen molar-refractivity contribution in [3.05, 3.63) is 29.8 Å². The highest BCUT2D eigenvalue weighted by Crippen LogP contribution is 2.42. The molecular weight excluding hydrogens is 340 g/mol. The summed E-state index contributed by atoms with van der Waals surface area (Å²) >= 11 is 0. The molecule has 1 aromatic carbocycles. The van der Waals surface area contributed by atoms with E-state index in [0.29, 0.717) is 5.92 Å². The Hall–Kier alpha value is -1.42. The van der Waals surface area contributed by atoms with Crippen LogP contribution in [0.2, 0.25) is 0 Å². The fourth-order valence-electron chi connectivity index (χ4n) is 5.22. The molecule has 0 unspecified atom stereocenters. The lowest BCUT2D eigenvalue weighted by Gasteiger charge is -2.37. The number of ether oxygens (including phenoxy) is 1. The van der Waals surface area contributed by atoms with Gasteiger partial charge in [0.1, 0.15) is 5.75 Å². The molecule has 154 valence electrons. The van der Waals surface area contributed by atoms with Crippen molar-refractivity contribution in [2.45, 2.75) is 90.9 Å². The summed E-state index contributed by atoms with van der Waals surface area (Å²) in [6.07, 6.45) is 16.8. The van der Waals surface area contributed by atoms with E-state index in [1.807, 2.05) is 12.1 Å². The van der Waals surface area contributed by atoms with Crippen LogP contribution in [0.15, 0.2) is 24.3 Å². The van der Waals surface area contributed by atoms with Gasteiger partial charge in [0.05, 0.1) is 6.61 Å². The lowest BCUT2D eigenvalue weighted by molar-refractivity contribution is 0.153. The van der Waals surface area contributed by atoms with Gasteiger partial charge in [-0.15, -0.1) is 0 Å². The Labute approximate surface area is 173 Å². The topological polar surface area (TPSA) is 9.23 Å². The maximum Gasteiger partial charge on any atom is 0.119 e. The minimum atomic E-state index is 0.605. The lowest BCUT2D eigenvalue weighted by atomic mass is 9.69. The number of rotatable bonds is 7. The van der Waals surface area contributed by atoms with E-state index >= 15 is 0 Å². The van der Waals surface area contributed by atoms with Crippen molar-refractivity contribution >= 4 is 0 Å². The van der Waals surface area contributed by atoms with Gasteiger partial charge in [-0.3, -0.25) is 0 Å². The van der Waals surface area contributed by atoms with Gasteiger partial charge >= 0.3 is 0 Å². The smallest absolute Gasteiger partial charge is 0.119 e. The van der Waals surface area contributed by atoms with Crippen LogP contribution in [-0.2, 0) is 0 Å². The zero-order valence-electron chi connectivity index (χ0n) is 18.2. The average molecular weight is 381 g/mol. The van der Waals surface area contributed by atoms with Gasteiger partial charge in [0.2, 0.25) is 0 Å². The normalized spacial score (nSPS) is 27.6. The van der Waals surface area contributed by atoms with Gasteiger partial charge in [0, 0.05) is 11.5 Å². The molecule has 0 amide bonds. The largest absolute Gasteiger partial charge is 0.494 e. The Bertz CT molecular complexity index is 604. The molecule has 1 heteroatoms. The zero-order chi connectivity index (χ0) is 19.6. The Morgan fingerprint density at radius 3 is 2.07 bits per heavy atom. The molecule has 3 rings (SSSR count). The van der Waals surface area contributed by atoms with E-state index in [4.69, 9.17) is 4.74 Å². The Morgan fingerprint density at radius 1 is 0.821 bits per heavy atom. The first-order valence-electron chi connectivity index (χ1n) is 12.0. The first-order valence-corrected chi connectivity index (χ1v) is 12.0. The molecule has 0 atom stereocenters. The van der Waals surface area contributed by atoms with E-state index in [1.165, 1.54) is 70.6 Å². The van der Waals surface area contributed by atoms with E-state index in [1.54, 1.807) is 0 Å². The minimum absolute atomic E-state index is 0.605. The predicted molar refractivity (Wildman–Crippen MR) is 120 cm³/mol. The molecule has 0 aromatic heterocycles. The third-order valence-corrected chi connectivity index (χ3v) is 7.04. The Morgan fingerprint density at radius 2 is 1.46 bits per heavy atom. The zero-order valence-corrected chi connectivity index (χ0v) is 18.2. The predicted octanol–water partition coefficient (Wildman–Crippen LogP) is 7.63. The van der Waals surface area contributed by atoms with E-state index in [9.17, 15) is 0 Å². The van der Waals surface area contributed by atoms with Crippen LogP contribution in [0.5, 0.6) is 5.75 Å². The second-order valence-electron chi connectivity index (χ2n) is 9.18. The van der Waals surface area contributed by atoms with Gasteiger partial charge < -0.3 is 4.74 Å². The number of unbranched alkanes of at least 4 members (excludes halogenated alkanes) is 1. The highest BCUT2D eigenvalue weighted by molar-refractivity contribution is 5.38. The standard InChI is InChI=1S/C27H40O/c1-3-5-6-22-9-15-25(16-10-22)26-17-11-23(12-18-26)7-8-24-13-19-27(20-14-24)28-21-4-2/h13-14,19-20,22-23,25-26H,3-6,9-12,15-18,21H2,1-2H3/t22-,23-,25-,26-. The van der Waals surface area contributed by atoms with Crippen LogP contribution >= 0.6 is 0 Å². The fraction of sp³-hybridized carbons (Fsp3) is 0.704. The van der Waals surface area contributed by atoms with Crippen molar-refractivity contribution in [2.75, 3.05) is 6.61 Å². The molecule has 2 aliphatic rings. The van der Waals surface area contributed by atoms with E-state index in [2.05, 4.69) is 37.8 Å². The Kier molecular flexibility index (Phi) is 8.78. The number of hydrogen-bond acceptors (Lipinski definition) is 1. The van der Waals surface area contributed by atoms with Crippen LogP contribution in [0, 0.1) is 35.5 Å². The molecule has 0 aliphatic heterocycles. The minimum Gasteiger partial charge on any atom is -0.494 e. The second kappa shape index (κ2) is 11.5. The molecule has 0 bridgehead atoms. The Balaban J connectivity index is 1.39. The molecule has 0 radical (unpaired) electrons. The van der Waals surface area contributed by atoms with Crippen molar-refractivity contribution < 1.29 is 4.74 Å². The highest BCUT2D eigenvalue weighted by atomic mass is 16.5. The first kappa shape index (κ1) is 21.3. The summed E-state index contributed by atoms with van der Waals surface area (Å²) in [7, 11) is 0. The fourth-order valence-corrected chi connectivity index (χ4v) is 5.22. The van der Waals surface area contributed by atoms with Crippen molar-refractivity contribution in [1.82, 2.24) is 0 Å². The summed E-state index contributed by atoms with van der Waals surface area (Å²) in [6, 6.07) is 8.29. The summed E-state index contributed by atoms with van der Waals surface area (Å²) in [4.78, 5) is 0. The number of benzene rings is 1. The highest BCUT2D eigenvalue weighted by Gasteiger charge is 2.30. The summed E-state index contributed by atoms with van der Waals surface area (Å²) in [5, 5.41) is 0. The van der Waals surface area contributed by atoms with Crippen molar-refractivity contribution in [3.8, 4) is 17.6 Å². The van der Waals surface area contributed by atoms with Gasteiger partial charge in [-0.25, -0.2) is 0 Å². The van der Waals surface area contributed by atoms with Crippen LogP contribution < -0.4 is 4.74 Å². The molecule has 1 nitrogen and oxygen atoms in total. The molecule has 2 saturated carbocycles.